The van der Waals surface area contributed by atoms with E-state index >= 15 is 0 Å². The molecule has 1 amide bonds. The number of thiazole rings is 1. The van der Waals surface area contributed by atoms with Crippen LogP contribution in [0.15, 0.2) is 46.9 Å². The van der Waals surface area contributed by atoms with E-state index in [0.717, 1.165) is 22.6 Å². The number of carbonyl (C=O) groups excluding carboxylic acids is 1. The third kappa shape index (κ3) is 6.08. The zero-order valence-electron chi connectivity index (χ0n) is 20.8. The molecule has 0 aliphatic rings. The Morgan fingerprint density at radius 3 is 2.67 bits per heavy atom. The first-order valence-electron chi connectivity index (χ1n) is 11.6. The van der Waals surface area contributed by atoms with Gasteiger partial charge in [0.2, 0.25) is 5.91 Å². The highest BCUT2D eigenvalue weighted by Crippen LogP contribution is 2.29. The highest BCUT2D eigenvalue weighted by molar-refractivity contribution is 7.99. The monoisotopic (exact) mass is 541 g/mol. The van der Waals surface area contributed by atoms with Crippen LogP contribution < -0.4 is 10.1 Å². The van der Waals surface area contributed by atoms with Crippen LogP contribution in [0, 0.1) is 20.8 Å². The SMILES string of the molecule is CCn1c(SCC(=O)Nc2nc(-c3ccc(C)c(C)c3)cs2)nnc1C(C)Oc1ccc(Cl)cc1C. The smallest absolute Gasteiger partial charge is 0.236 e. The number of anilines is 1. The van der Waals surface area contributed by atoms with Crippen LogP contribution in [0.2, 0.25) is 5.02 Å². The number of benzene rings is 2. The van der Waals surface area contributed by atoms with Crippen LogP contribution in [-0.2, 0) is 11.3 Å². The standard InChI is InChI=1S/C26H28ClN5O2S2/c1-6-32-24(18(5)34-22-10-9-20(27)12-17(22)4)30-31-26(32)36-14-23(33)29-25-28-21(13-35-25)19-8-7-15(2)16(3)11-19/h7-13,18H,6,14H2,1-5H3,(H,28,29,33). The zero-order valence-corrected chi connectivity index (χ0v) is 23.2. The van der Waals surface area contributed by atoms with Gasteiger partial charge in [0, 0.05) is 22.5 Å². The van der Waals surface area contributed by atoms with Crippen molar-refractivity contribution in [2.45, 2.75) is 52.4 Å². The number of aryl methyl sites for hydroxylation is 3. The molecule has 1 N–H and O–H groups in total. The summed E-state index contributed by atoms with van der Waals surface area (Å²) in [6.07, 6.45) is -0.320. The van der Waals surface area contributed by atoms with Crippen LogP contribution in [0.25, 0.3) is 11.3 Å². The second kappa shape index (κ2) is 11.5. The summed E-state index contributed by atoms with van der Waals surface area (Å²) in [5.74, 6) is 1.50. The van der Waals surface area contributed by atoms with E-state index < -0.39 is 0 Å². The fourth-order valence-electron chi connectivity index (χ4n) is 3.64. The summed E-state index contributed by atoms with van der Waals surface area (Å²) >= 11 is 8.80. The number of amides is 1. The van der Waals surface area contributed by atoms with E-state index in [4.69, 9.17) is 16.3 Å². The molecular weight excluding hydrogens is 514 g/mol. The lowest BCUT2D eigenvalue weighted by Crippen LogP contribution is -2.15. The molecule has 0 spiro atoms. The number of halogens is 1. The lowest BCUT2D eigenvalue weighted by atomic mass is 10.1. The van der Waals surface area contributed by atoms with Crippen LogP contribution in [-0.4, -0.2) is 31.4 Å². The fraction of sp³-hybridized carbons (Fsp3) is 0.308. The maximum atomic E-state index is 12.6. The van der Waals surface area contributed by atoms with Crippen LogP contribution in [0.1, 0.15) is 42.5 Å². The molecule has 188 valence electrons. The molecule has 0 aliphatic heterocycles. The Bertz CT molecular complexity index is 1380. The van der Waals surface area contributed by atoms with E-state index in [1.807, 2.05) is 48.9 Å². The molecule has 7 nitrogen and oxygen atoms in total. The van der Waals surface area contributed by atoms with Crippen molar-refractivity contribution in [1.29, 1.82) is 0 Å². The van der Waals surface area contributed by atoms with Crippen molar-refractivity contribution < 1.29 is 9.53 Å². The second-order valence-electron chi connectivity index (χ2n) is 8.43. The van der Waals surface area contributed by atoms with Gasteiger partial charge in [-0.2, -0.15) is 0 Å². The molecule has 4 aromatic rings. The van der Waals surface area contributed by atoms with Crippen molar-refractivity contribution in [2.24, 2.45) is 0 Å². The molecule has 36 heavy (non-hydrogen) atoms. The molecule has 1 unspecified atom stereocenters. The minimum atomic E-state index is -0.320. The molecule has 0 saturated heterocycles. The van der Waals surface area contributed by atoms with E-state index in [2.05, 4.69) is 46.5 Å². The lowest BCUT2D eigenvalue weighted by Gasteiger charge is -2.17. The minimum Gasteiger partial charge on any atom is -0.482 e. The molecule has 2 aromatic heterocycles. The molecule has 0 radical (unpaired) electrons. The van der Waals surface area contributed by atoms with Crippen molar-refractivity contribution in [3.8, 4) is 17.0 Å². The van der Waals surface area contributed by atoms with Gasteiger partial charge >= 0.3 is 0 Å². The van der Waals surface area contributed by atoms with E-state index in [-0.39, 0.29) is 17.8 Å². The number of hydrogen-bond acceptors (Lipinski definition) is 7. The van der Waals surface area contributed by atoms with Gasteiger partial charge in [0.05, 0.1) is 11.4 Å². The van der Waals surface area contributed by atoms with E-state index in [1.165, 1.54) is 34.2 Å². The molecular formula is C26H28ClN5O2S2. The lowest BCUT2D eigenvalue weighted by molar-refractivity contribution is -0.113. The van der Waals surface area contributed by atoms with Crippen LogP contribution in [0.4, 0.5) is 5.13 Å². The average molecular weight is 542 g/mol. The van der Waals surface area contributed by atoms with Crippen LogP contribution >= 0.6 is 34.7 Å². The molecule has 4 rings (SSSR count). The average Bonchev–Trinajstić information content (AvgIpc) is 3.48. The maximum Gasteiger partial charge on any atom is 0.236 e. The number of hydrogen-bond donors (Lipinski definition) is 1. The first-order chi connectivity index (χ1) is 17.2. The largest absolute Gasteiger partial charge is 0.482 e. The molecule has 0 saturated carbocycles. The van der Waals surface area contributed by atoms with Crippen molar-refractivity contribution in [3.63, 3.8) is 0 Å². The Hall–Kier alpha value is -2.88. The van der Waals surface area contributed by atoms with Gasteiger partial charge in [0.1, 0.15) is 5.75 Å². The molecule has 0 bridgehead atoms. The second-order valence-corrected chi connectivity index (χ2v) is 10.7. The summed E-state index contributed by atoms with van der Waals surface area (Å²) in [5.41, 5.74) is 5.30. The highest BCUT2D eigenvalue weighted by atomic mass is 35.5. The van der Waals surface area contributed by atoms with Crippen molar-refractivity contribution >= 4 is 45.7 Å². The third-order valence-corrected chi connectivity index (χ3v) is 7.71. The van der Waals surface area contributed by atoms with Crippen molar-refractivity contribution in [2.75, 3.05) is 11.1 Å². The summed E-state index contributed by atoms with van der Waals surface area (Å²) in [4.78, 5) is 17.2. The van der Waals surface area contributed by atoms with Gasteiger partial charge < -0.3 is 14.6 Å². The number of nitrogens with zero attached hydrogens (tertiary/aromatic N) is 4. The number of aromatic nitrogens is 4. The molecule has 0 aliphatic carbocycles. The minimum absolute atomic E-state index is 0.144. The number of rotatable bonds is 9. The van der Waals surface area contributed by atoms with Gasteiger partial charge in [-0.3, -0.25) is 4.79 Å². The molecule has 1 atom stereocenters. The quantitative estimate of drug-likeness (QED) is 0.233. The molecule has 2 heterocycles. The Kier molecular flexibility index (Phi) is 8.33. The van der Waals surface area contributed by atoms with Gasteiger partial charge in [-0.1, -0.05) is 35.5 Å². The summed E-state index contributed by atoms with van der Waals surface area (Å²) in [7, 11) is 0. The first-order valence-corrected chi connectivity index (χ1v) is 13.8. The molecule has 10 heteroatoms. The topological polar surface area (TPSA) is 81.9 Å². The predicted molar refractivity (Wildman–Crippen MR) is 147 cm³/mol. The Balaban J connectivity index is 1.37. The third-order valence-electron chi connectivity index (χ3n) is 5.75. The normalized spacial score (nSPS) is 11.9. The van der Waals surface area contributed by atoms with Gasteiger partial charge in [-0.25, -0.2) is 4.98 Å². The number of carbonyl (C=O) groups is 1. The van der Waals surface area contributed by atoms with Gasteiger partial charge in [0.25, 0.3) is 0 Å². The van der Waals surface area contributed by atoms with Gasteiger partial charge in [-0.15, -0.1) is 21.5 Å². The predicted octanol–water partition coefficient (Wildman–Crippen LogP) is 6.87. The first kappa shape index (κ1) is 26.2. The Morgan fingerprint density at radius 1 is 1.14 bits per heavy atom. The number of ether oxygens (including phenoxy) is 1. The zero-order chi connectivity index (χ0) is 25.8. The molecule has 2 aromatic carbocycles. The van der Waals surface area contributed by atoms with Crippen molar-refractivity contribution in [3.05, 3.63) is 69.3 Å². The van der Waals surface area contributed by atoms with E-state index in [0.29, 0.717) is 27.7 Å². The summed E-state index contributed by atoms with van der Waals surface area (Å²) in [6.45, 7) is 10.7. The Morgan fingerprint density at radius 2 is 1.94 bits per heavy atom. The summed E-state index contributed by atoms with van der Waals surface area (Å²) in [5, 5.41) is 15.4. The highest BCUT2D eigenvalue weighted by Gasteiger charge is 2.20. The summed E-state index contributed by atoms with van der Waals surface area (Å²) in [6, 6.07) is 11.8. The fourth-order valence-corrected chi connectivity index (χ4v) is 5.41. The van der Waals surface area contributed by atoms with Crippen LogP contribution in [0.3, 0.4) is 0 Å². The number of thioether (sulfide) groups is 1. The number of nitrogens with one attached hydrogen (secondary N) is 1. The van der Waals surface area contributed by atoms with E-state index in [1.54, 1.807) is 6.07 Å². The van der Waals surface area contributed by atoms with Gasteiger partial charge in [0.15, 0.2) is 22.2 Å². The summed E-state index contributed by atoms with van der Waals surface area (Å²) < 4.78 is 8.09. The van der Waals surface area contributed by atoms with Gasteiger partial charge in [-0.05, 0) is 75.6 Å². The van der Waals surface area contributed by atoms with Crippen molar-refractivity contribution in [1.82, 2.24) is 19.7 Å². The van der Waals surface area contributed by atoms with Crippen LogP contribution in [0.5, 0.6) is 5.75 Å². The Labute approximate surface area is 224 Å². The van der Waals surface area contributed by atoms with E-state index in [9.17, 15) is 4.79 Å². The molecule has 0 fully saturated rings. The maximum absolute atomic E-state index is 12.6.